The van der Waals surface area contributed by atoms with Crippen LogP contribution in [0.3, 0.4) is 0 Å². The fourth-order valence-corrected chi connectivity index (χ4v) is 17.8. The van der Waals surface area contributed by atoms with Crippen molar-refractivity contribution in [2.75, 3.05) is 9.80 Å². The number of para-hydroxylation sites is 2. The Morgan fingerprint density at radius 2 is 0.558 bits per heavy atom. The van der Waals surface area contributed by atoms with Crippen LogP contribution >= 0.6 is 0 Å². The van der Waals surface area contributed by atoms with Crippen molar-refractivity contribution < 1.29 is 0 Å². The molecule has 2 heteroatoms. The van der Waals surface area contributed by atoms with Gasteiger partial charge in [0, 0.05) is 39.2 Å². The van der Waals surface area contributed by atoms with Crippen molar-refractivity contribution in [2.45, 2.75) is 19.3 Å². The standard InChI is InChI=1S/C93H58N2/c1-93(2)84-39-16-21-55-20-15-32-71(87(55)84)67-43-40-60(54-85(67)93)94(56-22-5-3-6-23-56)58-41-44-79-82(52-58)91(77-48-46-74-64-29-12-9-26-61(64)68-33-17-36-72(77)88(68)74)80-45-42-59(53-83(80)92(79)78-49-47-75-65-30-13-10-27-62(65)69-34-18-37-73(78)89(69)75)95(57-24-7-4-8-25-57)86-51-50-76-66-31-14-11-28-63(66)70-35-19-38-81(86)90(70)76/h3-54H,1-2H3. The summed E-state index contributed by atoms with van der Waals surface area (Å²) in [6, 6.07) is 120. The van der Waals surface area contributed by atoms with Crippen LogP contribution in [0.2, 0.25) is 0 Å². The van der Waals surface area contributed by atoms with E-state index in [0.29, 0.717) is 0 Å². The Balaban J connectivity index is 0.881. The van der Waals surface area contributed by atoms with Crippen molar-refractivity contribution in [1.29, 1.82) is 0 Å². The minimum absolute atomic E-state index is 0.266. The van der Waals surface area contributed by atoms with Gasteiger partial charge in [-0.2, -0.15) is 0 Å². The largest absolute Gasteiger partial charge is 0.310 e. The number of nitrogens with zero attached hydrogens (tertiary/aromatic N) is 2. The predicted octanol–water partition coefficient (Wildman–Crippen LogP) is 26.1. The van der Waals surface area contributed by atoms with Crippen LogP contribution in [0.15, 0.2) is 315 Å². The first-order valence-corrected chi connectivity index (χ1v) is 33.3. The molecule has 0 radical (unpaired) electrons. The lowest BCUT2D eigenvalue weighted by atomic mass is 9.68. The SMILES string of the molecule is CC1(C)c2cc(N(c3ccccc3)c3ccc4c(-c5ccc6c7c(cccc57)-c5ccccc5-6)c5cc(N(c6ccccc6)c6ccc7c8c(cccc68)-c6ccccc6-7)ccc5c(-c5ccc6c7c(cccc57)-c5ccccc5-6)c4c3)ccc2-c2cccc3cccc1c23. The summed E-state index contributed by atoms with van der Waals surface area (Å²) in [6.45, 7) is 4.82. The second-order valence-electron chi connectivity index (χ2n) is 26.9. The number of rotatable bonds is 8. The summed E-state index contributed by atoms with van der Waals surface area (Å²) in [5.41, 5.74) is 31.9. The van der Waals surface area contributed by atoms with E-state index in [1.54, 1.807) is 0 Å². The number of anilines is 6. The second kappa shape index (κ2) is 19.5. The Hall–Kier alpha value is -12.1. The van der Waals surface area contributed by atoms with E-state index in [9.17, 15) is 0 Å². The van der Waals surface area contributed by atoms with E-state index in [1.165, 1.54) is 176 Å². The first-order valence-electron chi connectivity index (χ1n) is 33.3. The molecule has 0 aliphatic heterocycles. The summed E-state index contributed by atoms with van der Waals surface area (Å²) < 4.78 is 0. The van der Waals surface area contributed by atoms with E-state index in [0.717, 1.165) is 34.1 Å². The van der Waals surface area contributed by atoms with E-state index >= 15 is 0 Å². The van der Waals surface area contributed by atoms with Crippen LogP contribution in [-0.2, 0) is 5.41 Å². The maximum absolute atomic E-state index is 2.53. The molecule has 440 valence electrons. The van der Waals surface area contributed by atoms with Crippen LogP contribution in [0.1, 0.15) is 25.0 Å². The Morgan fingerprint density at radius 1 is 0.200 bits per heavy atom. The summed E-state index contributed by atoms with van der Waals surface area (Å²) in [6.07, 6.45) is 0. The molecule has 21 rings (SSSR count). The molecule has 0 N–H and O–H groups in total. The van der Waals surface area contributed by atoms with Gasteiger partial charge in [0.15, 0.2) is 0 Å². The molecule has 0 atom stereocenters. The molecule has 0 bridgehead atoms. The molecule has 4 aliphatic rings. The third-order valence-electron chi connectivity index (χ3n) is 21.8. The third-order valence-corrected chi connectivity index (χ3v) is 21.8. The zero-order valence-corrected chi connectivity index (χ0v) is 52.4. The lowest BCUT2D eigenvalue weighted by molar-refractivity contribution is 0.645. The highest BCUT2D eigenvalue weighted by atomic mass is 15.1. The van der Waals surface area contributed by atoms with E-state index in [-0.39, 0.29) is 5.41 Å². The summed E-state index contributed by atoms with van der Waals surface area (Å²) in [7, 11) is 0. The van der Waals surface area contributed by atoms with E-state index < -0.39 is 0 Å². The van der Waals surface area contributed by atoms with Crippen molar-refractivity contribution in [3.8, 4) is 100 Å². The topological polar surface area (TPSA) is 6.48 Å². The zero-order chi connectivity index (χ0) is 62.4. The molecule has 17 aromatic carbocycles. The molecule has 0 saturated carbocycles. The molecular weight excluding hydrogens is 1150 g/mol. The van der Waals surface area contributed by atoms with Gasteiger partial charge in [0.1, 0.15) is 0 Å². The molecule has 4 aliphatic carbocycles. The number of benzene rings is 17. The van der Waals surface area contributed by atoms with Gasteiger partial charge in [-0.25, -0.2) is 0 Å². The minimum atomic E-state index is -0.266. The lowest BCUT2D eigenvalue weighted by Gasteiger charge is -2.36. The Bertz CT molecular complexity index is 6160. The van der Waals surface area contributed by atoms with Crippen molar-refractivity contribution >= 4 is 98.8 Å². The van der Waals surface area contributed by atoms with E-state index in [2.05, 4.69) is 339 Å². The molecule has 95 heavy (non-hydrogen) atoms. The molecule has 17 aromatic rings. The van der Waals surface area contributed by atoms with E-state index in [4.69, 9.17) is 0 Å². The maximum Gasteiger partial charge on any atom is 0.0540 e. The Kier molecular flexibility index (Phi) is 10.8. The van der Waals surface area contributed by atoms with Gasteiger partial charge in [-0.15, -0.1) is 0 Å². The highest BCUT2D eigenvalue weighted by molar-refractivity contribution is 6.30. The fourth-order valence-electron chi connectivity index (χ4n) is 17.8. The monoisotopic (exact) mass is 1200 g/mol. The molecule has 0 saturated heterocycles. The van der Waals surface area contributed by atoms with Crippen LogP contribution in [0, 0.1) is 0 Å². The average molecular weight is 1200 g/mol. The van der Waals surface area contributed by atoms with Gasteiger partial charge in [0.05, 0.1) is 5.69 Å². The molecule has 0 unspecified atom stereocenters. The smallest absolute Gasteiger partial charge is 0.0540 e. The molecule has 0 amide bonds. The summed E-state index contributed by atoms with van der Waals surface area (Å²) in [4.78, 5) is 5.02. The van der Waals surface area contributed by atoms with Gasteiger partial charge >= 0.3 is 0 Å². The summed E-state index contributed by atoms with van der Waals surface area (Å²) >= 11 is 0. The number of hydrogen-bond donors (Lipinski definition) is 0. The van der Waals surface area contributed by atoms with Crippen molar-refractivity contribution in [1.82, 2.24) is 0 Å². The maximum atomic E-state index is 2.53. The molecular formula is C93H58N2. The van der Waals surface area contributed by atoms with E-state index in [1.807, 2.05) is 0 Å². The Morgan fingerprint density at radius 3 is 1.07 bits per heavy atom. The van der Waals surface area contributed by atoms with Crippen LogP contribution in [0.5, 0.6) is 0 Å². The summed E-state index contributed by atoms with van der Waals surface area (Å²) in [5, 5.41) is 15.0. The second-order valence-corrected chi connectivity index (χ2v) is 26.9. The van der Waals surface area contributed by atoms with Crippen LogP contribution in [0.25, 0.3) is 165 Å². The first-order chi connectivity index (χ1) is 46.9. The lowest BCUT2D eigenvalue weighted by Crippen LogP contribution is -2.24. The van der Waals surface area contributed by atoms with Crippen LogP contribution in [0.4, 0.5) is 34.1 Å². The third kappa shape index (κ3) is 7.23. The molecule has 0 fully saturated rings. The van der Waals surface area contributed by atoms with Gasteiger partial charge in [-0.05, 0) is 237 Å². The zero-order valence-electron chi connectivity index (χ0n) is 52.4. The molecule has 0 heterocycles. The number of hydrogen-bond acceptors (Lipinski definition) is 2. The highest BCUT2D eigenvalue weighted by Crippen LogP contribution is 2.58. The van der Waals surface area contributed by atoms with Crippen molar-refractivity contribution in [2.24, 2.45) is 0 Å². The van der Waals surface area contributed by atoms with Crippen LogP contribution in [-0.4, -0.2) is 0 Å². The van der Waals surface area contributed by atoms with Gasteiger partial charge < -0.3 is 9.80 Å². The highest BCUT2D eigenvalue weighted by Gasteiger charge is 2.36. The molecule has 2 nitrogen and oxygen atoms in total. The molecule has 0 spiro atoms. The number of fused-ring (bicyclic) bond motifs is 13. The predicted molar refractivity (Wildman–Crippen MR) is 403 cm³/mol. The fraction of sp³-hybridized carbons (Fsp3) is 0.0323. The first kappa shape index (κ1) is 52.5. The van der Waals surface area contributed by atoms with Crippen LogP contribution < -0.4 is 9.80 Å². The summed E-state index contributed by atoms with van der Waals surface area (Å²) in [5.74, 6) is 0. The average Bonchev–Trinajstić information content (AvgIpc) is 1.69. The molecule has 0 aromatic heterocycles. The minimum Gasteiger partial charge on any atom is -0.310 e. The van der Waals surface area contributed by atoms with Crippen molar-refractivity contribution in [3.05, 3.63) is 327 Å². The van der Waals surface area contributed by atoms with Crippen molar-refractivity contribution in [3.63, 3.8) is 0 Å². The van der Waals surface area contributed by atoms with Gasteiger partial charge in [-0.1, -0.05) is 263 Å². The normalized spacial score (nSPS) is 13.0. The van der Waals surface area contributed by atoms with Gasteiger partial charge in [0.25, 0.3) is 0 Å². The Labute approximate surface area is 551 Å². The van der Waals surface area contributed by atoms with Gasteiger partial charge in [0.2, 0.25) is 0 Å². The quantitative estimate of drug-likeness (QED) is 0.140. The van der Waals surface area contributed by atoms with Gasteiger partial charge in [-0.3, -0.25) is 0 Å².